The number of aromatic hydroxyl groups is 20. The average Bonchev–Trinajstić information content (AvgIpc) is 3.51. The Morgan fingerprint density at radius 3 is 0.474 bits per heavy atom. The van der Waals surface area contributed by atoms with E-state index in [0.29, 0.717) is 22.3 Å². The van der Waals surface area contributed by atoms with Crippen LogP contribution in [0, 0.1) is 0 Å². The Hall–Kier alpha value is -10.2. The van der Waals surface area contributed by atoms with Crippen molar-refractivity contribution in [1.82, 2.24) is 0 Å². The van der Waals surface area contributed by atoms with Gasteiger partial charge in [-0.15, -0.1) is 0 Å². The van der Waals surface area contributed by atoms with Crippen molar-refractivity contribution in [2.45, 2.75) is 60.2 Å². The molecule has 0 radical (unpaired) electrons. The number of benzene rings is 8. The van der Waals surface area contributed by atoms with Crippen LogP contribution in [0.5, 0.6) is 115 Å². The number of hydrogen-bond donors (Lipinski definition) is 20. The lowest BCUT2D eigenvalue weighted by molar-refractivity contribution is -0.0693. The van der Waals surface area contributed by atoms with Gasteiger partial charge in [0.15, 0.2) is 115 Å². The maximum absolute atomic E-state index is 11.8. The van der Waals surface area contributed by atoms with Crippen LogP contribution in [-0.2, 0) is 21.7 Å². The Balaban J connectivity index is 1.26. The highest BCUT2D eigenvalue weighted by Crippen LogP contribution is 2.76. The molecule has 0 aromatic heterocycles. The molecule has 4 saturated carbocycles. The standard InChI is InChI=1S/C58H48O20/c59-35-1-23(2-36(60)51(35)75)31-9-27(13-43(67)47(31)71)55-17-56(28-10-32(48(72)44(68)14-28)24-3-37(61)52(76)38(62)4-24)20-57(18-55,29-11-33(49(73)45(69)15-29)25-5-39(63)53(77)40(64)6-25)22-58(19-55,21-56)30-12-34(50(74)46(70)16-30)26-7-41(65)54(78)42(66)8-26/h1-16,59-78H,17-22H2. The first kappa shape index (κ1) is 49.9. The van der Waals surface area contributed by atoms with Gasteiger partial charge in [0.25, 0.3) is 0 Å². The molecule has 8 aromatic carbocycles. The summed E-state index contributed by atoms with van der Waals surface area (Å²) in [4.78, 5) is 0. The van der Waals surface area contributed by atoms with Gasteiger partial charge in [-0.2, -0.15) is 0 Å². The molecule has 0 unspecified atom stereocenters. The molecule has 0 saturated heterocycles. The molecule has 4 aliphatic carbocycles. The second kappa shape index (κ2) is 16.6. The van der Waals surface area contributed by atoms with Crippen LogP contribution >= 0.6 is 0 Å². The van der Waals surface area contributed by atoms with Gasteiger partial charge >= 0.3 is 0 Å². The zero-order valence-electron chi connectivity index (χ0n) is 40.4. The van der Waals surface area contributed by atoms with Gasteiger partial charge in [0.05, 0.1) is 0 Å². The highest BCUT2D eigenvalue weighted by molar-refractivity contribution is 5.83. The van der Waals surface area contributed by atoms with E-state index in [0.717, 1.165) is 48.5 Å². The van der Waals surface area contributed by atoms with Crippen LogP contribution in [0.25, 0.3) is 44.5 Å². The summed E-state index contributed by atoms with van der Waals surface area (Å²) >= 11 is 0. The van der Waals surface area contributed by atoms with E-state index in [4.69, 9.17) is 0 Å². The SMILES string of the molecule is Oc1cc(-c2cc(C34CC5(c6cc(O)c(O)c(-c7cc(O)c(O)c(O)c7)c6)CC(c6cc(O)c(O)c(-c7cc(O)c(O)c(O)c7)c6)(C3)CC(c3cc(O)c(O)c(-c6cc(O)c(O)c(O)c6)c3)(C4)C5)cc(O)c2O)cc(O)c1O. The fourth-order valence-electron chi connectivity index (χ4n) is 13.5. The quantitative estimate of drug-likeness (QED) is 0.0631. The largest absolute Gasteiger partial charge is 0.504 e. The maximum Gasteiger partial charge on any atom is 0.200 e. The van der Waals surface area contributed by atoms with Crippen molar-refractivity contribution in [2.75, 3.05) is 0 Å². The minimum atomic E-state index is -1.34. The van der Waals surface area contributed by atoms with E-state index in [1.807, 2.05) is 0 Å². The van der Waals surface area contributed by atoms with Crippen LogP contribution in [0.1, 0.15) is 60.8 Å². The lowest BCUT2D eigenvalue weighted by Gasteiger charge is -2.71. The van der Waals surface area contributed by atoms with Crippen molar-refractivity contribution in [3.05, 3.63) is 119 Å². The van der Waals surface area contributed by atoms with Crippen molar-refractivity contribution in [2.24, 2.45) is 0 Å². The highest BCUT2D eigenvalue weighted by atomic mass is 16.4. The Labute approximate surface area is 439 Å². The Kier molecular flexibility index (Phi) is 10.6. The van der Waals surface area contributed by atoms with E-state index < -0.39 is 137 Å². The first-order chi connectivity index (χ1) is 36.7. The van der Waals surface area contributed by atoms with Crippen LogP contribution < -0.4 is 0 Å². The number of phenols is 20. The van der Waals surface area contributed by atoms with Gasteiger partial charge in [-0.1, -0.05) is 0 Å². The molecule has 8 aromatic rings. The second-order valence-electron chi connectivity index (χ2n) is 21.2. The molecule has 400 valence electrons. The smallest absolute Gasteiger partial charge is 0.200 e. The highest BCUT2D eigenvalue weighted by Gasteiger charge is 2.70. The lowest BCUT2D eigenvalue weighted by atomic mass is 9.32. The minimum absolute atomic E-state index is 0.0578. The van der Waals surface area contributed by atoms with Crippen molar-refractivity contribution < 1.29 is 102 Å². The van der Waals surface area contributed by atoms with Gasteiger partial charge in [-0.3, -0.25) is 0 Å². The van der Waals surface area contributed by atoms with Crippen molar-refractivity contribution in [3.8, 4) is 159 Å². The van der Waals surface area contributed by atoms with Gasteiger partial charge < -0.3 is 102 Å². The van der Waals surface area contributed by atoms with E-state index in [1.165, 1.54) is 48.5 Å². The van der Waals surface area contributed by atoms with Crippen molar-refractivity contribution in [3.63, 3.8) is 0 Å². The summed E-state index contributed by atoms with van der Waals surface area (Å²) < 4.78 is 0. The predicted molar refractivity (Wildman–Crippen MR) is 275 cm³/mol. The molecule has 0 amide bonds. The molecule has 0 heterocycles. The van der Waals surface area contributed by atoms with E-state index >= 15 is 0 Å². The summed E-state index contributed by atoms with van der Waals surface area (Å²) in [5.41, 5.74) is -5.07. The van der Waals surface area contributed by atoms with E-state index in [1.54, 1.807) is 0 Å². The maximum atomic E-state index is 11.8. The van der Waals surface area contributed by atoms with Crippen LogP contribution in [-0.4, -0.2) is 102 Å². The first-order valence-corrected chi connectivity index (χ1v) is 24.0. The number of phenolic OH excluding ortho intramolecular Hbond substituents is 20. The lowest BCUT2D eigenvalue weighted by Crippen LogP contribution is -2.67. The minimum Gasteiger partial charge on any atom is -0.504 e. The normalized spacial score (nSPS) is 21.2. The monoisotopic (exact) mass is 1060 g/mol. The van der Waals surface area contributed by atoms with Gasteiger partial charge in [0, 0.05) is 22.3 Å². The molecule has 4 aliphatic rings. The zero-order chi connectivity index (χ0) is 56.0. The molecule has 4 bridgehead atoms. The van der Waals surface area contributed by atoms with Gasteiger partial charge in [0.1, 0.15) is 0 Å². The first-order valence-electron chi connectivity index (χ1n) is 24.0. The average molecular weight is 1070 g/mol. The Bertz CT molecular complexity index is 3290. The summed E-state index contributed by atoms with van der Waals surface area (Å²) in [6.45, 7) is 0. The molecule has 12 rings (SSSR count). The molecule has 0 aliphatic heterocycles. The van der Waals surface area contributed by atoms with Crippen LogP contribution in [0.2, 0.25) is 0 Å². The molecule has 20 N–H and O–H groups in total. The molecular weight excluding hydrogens is 1020 g/mol. The topological polar surface area (TPSA) is 405 Å². The van der Waals surface area contributed by atoms with Gasteiger partial charge in [0.2, 0.25) is 0 Å². The fourth-order valence-corrected chi connectivity index (χ4v) is 13.5. The summed E-state index contributed by atoms with van der Waals surface area (Å²) in [6.07, 6.45) is 0.347. The molecule has 4 fully saturated rings. The molecule has 0 atom stereocenters. The molecule has 20 heteroatoms. The summed E-state index contributed by atoms with van der Waals surface area (Å²) in [6, 6.07) is 19.5. The third-order valence-corrected chi connectivity index (χ3v) is 16.4. The van der Waals surface area contributed by atoms with E-state index in [2.05, 4.69) is 0 Å². The van der Waals surface area contributed by atoms with E-state index in [-0.39, 0.29) is 83.0 Å². The molecule has 78 heavy (non-hydrogen) atoms. The van der Waals surface area contributed by atoms with E-state index in [9.17, 15) is 102 Å². The van der Waals surface area contributed by atoms with Gasteiger partial charge in [-0.25, -0.2) is 0 Å². The third kappa shape index (κ3) is 7.35. The molecule has 20 nitrogen and oxygen atoms in total. The Morgan fingerprint density at radius 2 is 0.321 bits per heavy atom. The van der Waals surface area contributed by atoms with Gasteiger partial charge in [-0.05, 0) is 202 Å². The van der Waals surface area contributed by atoms with Crippen molar-refractivity contribution >= 4 is 0 Å². The number of rotatable bonds is 8. The van der Waals surface area contributed by atoms with Crippen LogP contribution in [0.3, 0.4) is 0 Å². The van der Waals surface area contributed by atoms with Crippen LogP contribution in [0.15, 0.2) is 97.1 Å². The van der Waals surface area contributed by atoms with Crippen LogP contribution in [0.4, 0.5) is 0 Å². The third-order valence-electron chi connectivity index (χ3n) is 16.4. The molecular formula is C58H48O20. The summed E-state index contributed by atoms with van der Waals surface area (Å²) in [5.74, 6) is -15.3. The predicted octanol–water partition coefficient (Wildman–Crippen LogP) is 8.90. The second-order valence-corrected chi connectivity index (χ2v) is 21.2. The number of hydrogen-bond acceptors (Lipinski definition) is 20. The fraction of sp³-hybridized carbons (Fsp3) is 0.172. The Morgan fingerprint density at radius 1 is 0.179 bits per heavy atom. The summed E-state index contributed by atoms with van der Waals surface area (Å²) in [5, 5.41) is 220. The van der Waals surface area contributed by atoms with Crippen molar-refractivity contribution in [1.29, 1.82) is 0 Å². The summed E-state index contributed by atoms with van der Waals surface area (Å²) in [7, 11) is 0. The molecule has 0 spiro atoms. The zero-order valence-corrected chi connectivity index (χ0v) is 40.4.